The number of hydrogen-bond donors (Lipinski definition) is 0. The Morgan fingerprint density at radius 3 is 2.11 bits per heavy atom. The van der Waals surface area contributed by atoms with E-state index < -0.39 is 8.32 Å². The van der Waals surface area contributed by atoms with Gasteiger partial charge in [-0.2, -0.15) is 0 Å². The molecule has 5 aliphatic rings. The summed E-state index contributed by atoms with van der Waals surface area (Å²) in [6.07, 6.45) is 5.75. The Labute approximate surface area is 229 Å². The molecule has 0 unspecified atom stereocenters. The third-order valence-electron chi connectivity index (χ3n) is 10.4. The van der Waals surface area contributed by atoms with E-state index in [2.05, 4.69) is 101 Å². The van der Waals surface area contributed by atoms with E-state index in [4.69, 9.17) is 18.6 Å². The molecular formula is C33H44O4Si. The Kier molecular flexibility index (Phi) is 6.76. The molecule has 5 atom stereocenters. The van der Waals surface area contributed by atoms with Crippen molar-refractivity contribution in [1.82, 2.24) is 0 Å². The molecule has 0 amide bonds. The van der Waals surface area contributed by atoms with E-state index in [0.29, 0.717) is 25.0 Å². The smallest absolute Gasteiger partial charge is 0.261 e. The van der Waals surface area contributed by atoms with Gasteiger partial charge in [0.05, 0.1) is 25.9 Å². The molecule has 5 heteroatoms. The van der Waals surface area contributed by atoms with Gasteiger partial charge >= 0.3 is 0 Å². The van der Waals surface area contributed by atoms with Crippen molar-refractivity contribution in [3.63, 3.8) is 0 Å². The minimum Gasteiger partial charge on any atom is -0.407 e. The number of benzene rings is 2. The molecule has 0 aromatic heterocycles. The maximum absolute atomic E-state index is 7.52. The second kappa shape index (κ2) is 9.71. The van der Waals surface area contributed by atoms with Crippen molar-refractivity contribution in [2.45, 2.75) is 71.3 Å². The van der Waals surface area contributed by atoms with Crippen LogP contribution in [0.1, 0.15) is 53.9 Å². The monoisotopic (exact) mass is 532 g/mol. The summed E-state index contributed by atoms with van der Waals surface area (Å²) in [7, 11) is -2.61. The van der Waals surface area contributed by atoms with Crippen molar-refractivity contribution in [3.05, 3.63) is 72.3 Å². The molecule has 2 aliphatic carbocycles. The van der Waals surface area contributed by atoms with Gasteiger partial charge in [-0.25, -0.2) is 0 Å². The fourth-order valence-corrected chi connectivity index (χ4v) is 12.8. The molecule has 2 bridgehead atoms. The molecule has 3 fully saturated rings. The highest BCUT2D eigenvalue weighted by molar-refractivity contribution is 6.99. The number of ether oxygens (including phenoxy) is 3. The second-order valence-electron chi connectivity index (χ2n) is 13.3. The zero-order chi connectivity index (χ0) is 26.6. The first-order valence-corrected chi connectivity index (χ1v) is 16.5. The molecule has 1 spiro atoms. The molecule has 0 N–H and O–H groups in total. The van der Waals surface area contributed by atoms with Crippen LogP contribution in [0, 0.1) is 22.7 Å². The first-order chi connectivity index (χ1) is 18.2. The Balaban J connectivity index is 1.39. The van der Waals surface area contributed by atoms with Gasteiger partial charge in [-0.1, -0.05) is 107 Å². The van der Waals surface area contributed by atoms with E-state index >= 15 is 0 Å². The number of rotatable bonds is 6. The molecule has 4 nitrogen and oxygen atoms in total. The largest absolute Gasteiger partial charge is 0.407 e. The molecule has 2 aromatic rings. The summed E-state index contributed by atoms with van der Waals surface area (Å²) in [5.41, 5.74) is 1.37. The van der Waals surface area contributed by atoms with Gasteiger partial charge in [0.2, 0.25) is 0 Å². The average Bonchev–Trinajstić information content (AvgIpc) is 3.48. The lowest BCUT2D eigenvalue weighted by Gasteiger charge is -2.61. The molecule has 204 valence electrons. The summed E-state index contributed by atoms with van der Waals surface area (Å²) < 4.78 is 26.3. The fraction of sp³-hybridized carbons (Fsp3) is 0.576. The number of hydrogen-bond acceptors (Lipinski definition) is 4. The number of fused-ring (bicyclic) bond motifs is 2. The van der Waals surface area contributed by atoms with E-state index in [-0.39, 0.29) is 28.3 Å². The maximum atomic E-state index is 7.52. The van der Waals surface area contributed by atoms with E-state index in [0.717, 1.165) is 32.5 Å². The Morgan fingerprint density at radius 1 is 0.921 bits per heavy atom. The minimum absolute atomic E-state index is 0.0171. The maximum Gasteiger partial charge on any atom is 0.261 e. The lowest BCUT2D eigenvalue weighted by atomic mass is 9.48. The highest BCUT2D eigenvalue weighted by atomic mass is 28.4. The van der Waals surface area contributed by atoms with Crippen LogP contribution in [0.2, 0.25) is 5.04 Å². The normalized spacial score (nSPS) is 33.7. The van der Waals surface area contributed by atoms with Crippen LogP contribution in [-0.4, -0.2) is 47.1 Å². The summed E-state index contributed by atoms with van der Waals surface area (Å²) in [6.45, 7) is 14.8. The Hall–Kier alpha value is -1.76. The minimum atomic E-state index is -2.61. The summed E-state index contributed by atoms with van der Waals surface area (Å²) in [5.74, 6) is 0.913. The van der Waals surface area contributed by atoms with Gasteiger partial charge < -0.3 is 18.6 Å². The standard InChI is InChI=1S/C33H44O4Si/c1-24-16-17-33-23-36-26(21-29(33)32(24,5)30-34-18-19-35-30)20-25(33)22-37-38(31(2,3)4,27-12-8-6-9-13-27)28-14-10-7-11-15-28/h6-15,21,24-26,30H,16-20,22-23H2,1-5H3/t24-,25-,26+,32+,33-/m1/s1. The van der Waals surface area contributed by atoms with Crippen molar-refractivity contribution in [3.8, 4) is 0 Å². The topological polar surface area (TPSA) is 36.9 Å². The van der Waals surface area contributed by atoms with Gasteiger partial charge in [0.1, 0.15) is 0 Å². The summed E-state index contributed by atoms with van der Waals surface area (Å²) in [5, 5.41) is 2.66. The Bertz CT molecular complexity index is 1110. The van der Waals surface area contributed by atoms with Gasteiger partial charge in [-0.05, 0) is 46.5 Å². The van der Waals surface area contributed by atoms with Crippen LogP contribution in [-0.2, 0) is 18.6 Å². The van der Waals surface area contributed by atoms with Crippen LogP contribution in [0.15, 0.2) is 72.3 Å². The fourth-order valence-electron chi connectivity index (χ4n) is 8.16. The van der Waals surface area contributed by atoms with Crippen molar-refractivity contribution in [2.75, 3.05) is 26.4 Å². The predicted molar refractivity (Wildman–Crippen MR) is 154 cm³/mol. The lowest BCUT2D eigenvalue weighted by molar-refractivity contribution is -0.180. The van der Waals surface area contributed by atoms with Crippen LogP contribution in [0.3, 0.4) is 0 Å². The molecule has 3 aliphatic heterocycles. The second-order valence-corrected chi connectivity index (χ2v) is 17.6. The van der Waals surface area contributed by atoms with E-state index in [1.165, 1.54) is 15.9 Å². The molecule has 2 saturated heterocycles. The first kappa shape index (κ1) is 26.5. The summed E-state index contributed by atoms with van der Waals surface area (Å²) in [4.78, 5) is 0. The van der Waals surface area contributed by atoms with Crippen LogP contribution < -0.4 is 10.4 Å². The molecule has 1 saturated carbocycles. The lowest BCUT2D eigenvalue weighted by Crippen LogP contribution is -2.68. The highest BCUT2D eigenvalue weighted by Crippen LogP contribution is 2.64. The van der Waals surface area contributed by atoms with E-state index in [1.807, 2.05) is 0 Å². The molecular weight excluding hydrogens is 488 g/mol. The van der Waals surface area contributed by atoms with E-state index in [1.54, 1.807) is 0 Å². The molecule has 3 heterocycles. The Morgan fingerprint density at radius 2 is 1.53 bits per heavy atom. The third-order valence-corrected chi connectivity index (χ3v) is 15.4. The molecule has 2 aromatic carbocycles. The van der Waals surface area contributed by atoms with Gasteiger partial charge in [-0.15, -0.1) is 0 Å². The summed E-state index contributed by atoms with van der Waals surface area (Å²) >= 11 is 0. The van der Waals surface area contributed by atoms with Crippen LogP contribution in [0.5, 0.6) is 0 Å². The average molecular weight is 533 g/mol. The molecule has 7 rings (SSSR count). The zero-order valence-corrected chi connectivity index (χ0v) is 24.7. The van der Waals surface area contributed by atoms with Crippen molar-refractivity contribution >= 4 is 18.7 Å². The third kappa shape index (κ3) is 3.92. The van der Waals surface area contributed by atoms with Gasteiger partial charge in [0.25, 0.3) is 8.32 Å². The first-order valence-electron chi connectivity index (χ1n) is 14.5. The van der Waals surface area contributed by atoms with E-state index in [9.17, 15) is 0 Å². The van der Waals surface area contributed by atoms with Crippen molar-refractivity contribution in [2.24, 2.45) is 22.7 Å². The van der Waals surface area contributed by atoms with Crippen molar-refractivity contribution in [1.29, 1.82) is 0 Å². The van der Waals surface area contributed by atoms with Crippen LogP contribution in [0.4, 0.5) is 0 Å². The van der Waals surface area contributed by atoms with Gasteiger partial charge in [0.15, 0.2) is 6.29 Å². The molecule has 0 radical (unpaired) electrons. The van der Waals surface area contributed by atoms with Gasteiger partial charge in [0, 0.05) is 17.4 Å². The highest BCUT2D eigenvalue weighted by Gasteiger charge is 2.62. The summed E-state index contributed by atoms with van der Waals surface area (Å²) in [6, 6.07) is 22.1. The SMILES string of the molecule is C[C@@H]1CC[C@]23CO[C@H](C=C2[C@@]1(C)C1OCCO1)C[C@@H]3CO[Si](c1ccccc1)(c1ccccc1)C(C)(C)C. The van der Waals surface area contributed by atoms with Gasteiger partial charge in [-0.3, -0.25) is 0 Å². The van der Waals surface area contributed by atoms with Crippen LogP contribution in [0.25, 0.3) is 0 Å². The van der Waals surface area contributed by atoms with Crippen molar-refractivity contribution < 1.29 is 18.6 Å². The predicted octanol–water partition coefficient (Wildman–Crippen LogP) is 5.70. The van der Waals surface area contributed by atoms with Crippen LogP contribution >= 0.6 is 0 Å². The quantitative estimate of drug-likeness (QED) is 0.353. The molecule has 38 heavy (non-hydrogen) atoms. The zero-order valence-electron chi connectivity index (χ0n) is 23.7.